The minimum Gasteiger partial charge on any atom is -0.368 e. The Morgan fingerprint density at radius 2 is 1.25 bits per heavy atom. The van der Waals surface area contributed by atoms with Gasteiger partial charge < -0.3 is 19.2 Å². The molecule has 46 valence electrons. The quantitative estimate of drug-likeness (QED) is 0.312. The fourth-order valence-corrected chi connectivity index (χ4v) is 0. The zero-order valence-corrected chi connectivity index (χ0v) is 9.12. The molecule has 0 bridgehead atoms. The summed E-state index contributed by atoms with van der Waals surface area (Å²) >= 11 is 1.10. The van der Waals surface area contributed by atoms with Crippen LogP contribution in [0.2, 0.25) is 0.515 Å². The van der Waals surface area contributed by atoms with Crippen molar-refractivity contribution in [1.82, 2.24) is 0 Å². The molecule has 0 rings (SSSR count). The Hall–Kier alpha value is 1.69. The SMILES string of the molecule is C[CH2][K].O[Si](O)(O)O. The molecule has 0 atom stereocenters. The maximum Gasteiger partial charge on any atom is 0.668 e. The summed E-state index contributed by atoms with van der Waals surface area (Å²) in [4.78, 5) is 29.3. The summed E-state index contributed by atoms with van der Waals surface area (Å²) in [6, 6.07) is 0. The van der Waals surface area contributed by atoms with E-state index in [0.717, 1.165) is 49.0 Å². The largest absolute Gasteiger partial charge is 0.668 e. The molecule has 0 aromatic rings. The molecule has 0 amide bonds. The fraction of sp³-hybridized carbons (Fsp3) is 1.00. The third kappa shape index (κ3) is 120. The van der Waals surface area contributed by atoms with Crippen LogP contribution in [0.5, 0.6) is 0 Å². The average Bonchev–Trinajstić information content (AvgIpc) is 1.27. The van der Waals surface area contributed by atoms with E-state index in [-0.39, 0.29) is 0 Å². The molecule has 4 N–H and O–H groups in total. The van der Waals surface area contributed by atoms with Crippen molar-refractivity contribution in [2.45, 2.75) is 7.44 Å². The van der Waals surface area contributed by atoms with E-state index < -0.39 is 9.05 Å². The van der Waals surface area contributed by atoms with Crippen LogP contribution in [0.4, 0.5) is 0 Å². The molecular formula is C2H9KO4Si. The van der Waals surface area contributed by atoms with Crippen molar-refractivity contribution in [3.8, 4) is 0 Å². The summed E-state index contributed by atoms with van der Waals surface area (Å²) in [5.74, 6) is 0. The van der Waals surface area contributed by atoms with E-state index in [1.807, 2.05) is 0 Å². The van der Waals surface area contributed by atoms with E-state index in [2.05, 4.69) is 6.92 Å². The maximum absolute atomic E-state index is 7.33. The predicted octanol–water partition coefficient (Wildman–Crippen LogP) is -2.02. The Balaban J connectivity index is 0. The molecule has 0 heterocycles. The van der Waals surface area contributed by atoms with Gasteiger partial charge in [0.15, 0.2) is 0 Å². The van der Waals surface area contributed by atoms with Crippen LogP contribution in [0.15, 0.2) is 0 Å². The van der Waals surface area contributed by atoms with Crippen molar-refractivity contribution >= 4 is 58.0 Å². The van der Waals surface area contributed by atoms with Crippen LogP contribution in [0.3, 0.4) is 0 Å². The molecule has 0 fully saturated rings. The Morgan fingerprint density at radius 3 is 1.25 bits per heavy atom. The minimum absolute atomic E-state index is 1.10. The first kappa shape index (κ1) is 12.4. The molecule has 0 aromatic heterocycles. The maximum atomic E-state index is 7.33. The third-order valence-electron chi connectivity index (χ3n) is 0. The monoisotopic (exact) mass is 164 g/mol. The van der Waals surface area contributed by atoms with Gasteiger partial charge in [0, 0.05) is 0 Å². The van der Waals surface area contributed by atoms with Gasteiger partial charge in [0.25, 0.3) is 0 Å². The predicted molar refractivity (Wildman–Crippen MR) is 30.9 cm³/mol. The molecule has 0 aliphatic rings. The van der Waals surface area contributed by atoms with Gasteiger partial charge in [0.2, 0.25) is 0 Å². The summed E-state index contributed by atoms with van der Waals surface area (Å²) in [6.07, 6.45) is 0. The summed E-state index contributed by atoms with van der Waals surface area (Å²) in [6.45, 7) is 2.21. The molecular weight excluding hydrogens is 155 g/mol. The van der Waals surface area contributed by atoms with Crippen LogP contribution in [0, 0.1) is 0 Å². The number of hydrogen-bond acceptors (Lipinski definition) is 4. The first-order valence-electron chi connectivity index (χ1n) is 2.31. The van der Waals surface area contributed by atoms with Crippen LogP contribution in [-0.4, -0.2) is 77.2 Å². The van der Waals surface area contributed by atoms with Gasteiger partial charge in [-0.05, 0) is 0 Å². The van der Waals surface area contributed by atoms with Crippen molar-refractivity contribution in [3.05, 3.63) is 0 Å². The molecule has 6 heteroatoms. The van der Waals surface area contributed by atoms with E-state index in [4.69, 9.17) is 19.2 Å². The number of hydrogen-bond donors (Lipinski definition) is 4. The fourth-order valence-electron chi connectivity index (χ4n) is 0. The molecule has 0 aliphatic heterocycles. The standard InChI is InChI=1S/C2H5.K.H4O4Si/c1-2;;1-5(2,3)4/h1H2,2H3;;1-4H. The molecule has 0 unspecified atom stereocenters. The van der Waals surface area contributed by atoms with Crippen LogP contribution in [0.1, 0.15) is 6.92 Å². The van der Waals surface area contributed by atoms with E-state index in [9.17, 15) is 0 Å². The van der Waals surface area contributed by atoms with Crippen molar-refractivity contribution in [1.29, 1.82) is 0 Å². The van der Waals surface area contributed by atoms with Crippen LogP contribution in [0.25, 0.3) is 0 Å². The van der Waals surface area contributed by atoms with Crippen molar-refractivity contribution in [2.24, 2.45) is 0 Å². The van der Waals surface area contributed by atoms with Crippen LogP contribution < -0.4 is 0 Å². The van der Waals surface area contributed by atoms with Crippen molar-refractivity contribution in [3.63, 3.8) is 0 Å². The van der Waals surface area contributed by atoms with Gasteiger partial charge in [0.1, 0.15) is 0 Å². The molecule has 4 nitrogen and oxygen atoms in total. The molecule has 0 aromatic carbocycles. The zero-order valence-electron chi connectivity index (χ0n) is 5.00. The summed E-state index contributed by atoms with van der Waals surface area (Å²) in [5.41, 5.74) is 0. The van der Waals surface area contributed by atoms with Gasteiger partial charge in [-0.1, -0.05) is 0 Å². The normalized spacial score (nSPS) is 9.88. The molecule has 0 aliphatic carbocycles. The molecule has 0 saturated carbocycles. The van der Waals surface area contributed by atoms with Gasteiger partial charge in [-0.15, -0.1) is 0 Å². The number of rotatable bonds is 0. The van der Waals surface area contributed by atoms with Gasteiger partial charge in [-0.25, -0.2) is 0 Å². The third-order valence-corrected chi connectivity index (χ3v) is 0. The smallest absolute Gasteiger partial charge is 0.368 e. The minimum atomic E-state index is -4.61. The van der Waals surface area contributed by atoms with Gasteiger partial charge in [-0.3, -0.25) is 0 Å². The average molecular weight is 164 g/mol. The summed E-state index contributed by atoms with van der Waals surface area (Å²) < 4.78 is 1.44. The topological polar surface area (TPSA) is 80.9 Å². The second-order valence-electron chi connectivity index (χ2n) is 1.31. The molecule has 8 heavy (non-hydrogen) atoms. The Kier molecular flexibility index (Phi) is 10.5. The Morgan fingerprint density at radius 1 is 1.25 bits per heavy atom. The van der Waals surface area contributed by atoms with Crippen molar-refractivity contribution in [2.75, 3.05) is 0 Å². The second-order valence-corrected chi connectivity index (χ2v) is 4.72. The second kappa shape index (κ2) is 6.81. The molecule has 0 spiro atoms. The van der Waals surface area contributed by atoms with E-state index in [1.165, 1.54) is 0.515 Å². The van der Waals surface area contributed by atoms with Gasteiger partial charge in [-0.2, -0.15) is 0 Å². The van der Waals surface area contributed by atoms with Gasteiger partial charge >= 0.3 is 65.4 Å². The van der Waals surface area contributed by atoms with E-state index in [1.54, 1.807) is 0 Å². The van der Waals surface area contributed by atoms with Crippen LogP contribution in [-0.2, 0) is 0 Å². The van der Waals surface area contributed by atoms with Crippen LogP contribution >= 0.6 is 0 Å². The zero-order chi connectivity index (χ0) is 7.21. The van der Waals surface area contributed by atoms with Gasteiger partial charge in [0.05, 0.1) is 0 Å². The first-order chi connectivity index (χ1) is 3.41. The molecule has 0 saturated heterocycles. The Bertz CT molecular complexity index is 37.8. The van der Waals surface area contributed by atoms with E-state index >= 15 is 0 Å². The molecule has 0 radical (unpaired) electrons. The summed E-state index contributed by atoms with van der Waals surface area (Å²) in [5, 5.41) is 0. The van der Waals surface area contributed by atoms with E-state index in [0.29, 0.717) is 0 Å². The van der Waals surface area contributed by atoms with Crippen molar-refractivity contribution < 1.29 is 19.2 Å². The summed E-state index contributed by atoms with van der Waals surface area (Å²) in [7, 11) is -4.61. The Labute approximate surface area is 83.2 Å². The first-order valence-corrected chi connectivity index (χ1v) is 6.31.